The van der Waals surface area contributed by atoms with E-state index in [-0.39, 0.29) is 18.1 Å². The first-order valence-electron chi connectivity index (χ1n) is 9.36. The van der Waals surface area contributed by atoms with Crippen LogP contribution in [0.2, 0.25) is 0 Å². The van der Waals surface area contributed by atoms with Crippen LogP contribution < -0.4 is 0 Å². The number of nitrogens with zero attached hydrogens (tertiary/aromatic N) is 1. The van der Waals surface area contributed by atoms with Crippen LogP contribution in [0.5, 0.6) is 11.5 Å². The molecule has 3 aromatic rings. The topological polar surface area (TPSA) is 79.7 Å². The minimum absolute atomic E-state index is 0.0614. The molecule has 0 aliphatic heterocycles. The summed E-state index contributed by atoms with van der Waals surface area (Å²) < 4.78 is 5.04. The van der Waals surface area contributed by atoms with Gasteiger partial charge in [0.05, 0.1) is 23.6 Å². The van der Waals surface area contributed by atoms with Crippen molar-refractivity contribution in [1.82, 2.24) is 4.98 Å². The summed E-state index contributed by atoms with van der Waals surface area (Å²) in [5, 5.41) is 20.7. The van der Waals surface area contributed by atoms with E-state index in [0.717, 1.165) is 11.1 Å². The van der Waals surface area contributed by atoms with Crippen molar-refractivity contribution >= 4 is 5.97 Å². The number of ether oxygens (including phenoxy) is 1. The fourth-order valence-corrected chi connectivity index (χ4v) is 3.15. The van der Waals surface area contributed by atoms with E-state index in [0.29, 0.717) is 34.5 Å². The zero-order valence-electron chi connectivity index (χ0n) is 16.5. The van der Waals surface area contributed by atoms with Crippen molar-refractivity contribution in [1.29, 1.82) is 0 Å². The van der Waals surface area contributed by atoms with Crippen molar-refractivity contribution in [3.63, 3.8) is 0 Å². The number of aromatic nitrogens is 1. The molecule has 0 bridgehead atoms. The summed E-state index contributed by atoms with van der Waals surface area (Å²) in [6.45, 7) is 7.51. The number of rotatable bonds is 6. The van der Waals surface area contributed by atoms with Gasteiger partial charge in [-0.1, -0.05) is 18.2 Å². The van der Waals surface area contributed by atoms with E-state index in [1.807, 2.05) is 12.1 Å². The Morgan fingerprint density at radius 3 is 2.48 bits per heavy atom. The van der Waals surface area contributed by atoms with Crippen LogP contribution in [-0.2, 0) is 11.2 Å². The van der Waals surface area contributed by atoms with Gasteiger partial charge in [0, 0.05) is 11.1 Å². The van der Waals surface area contributed by atoms with Gasteiger partial charge in [0.2, 0.25) is 0 Å². The molecular weight excluding hydrogens is 366 g/mol. The van der Waals surface area contributed by atoms with E-state index >= 15 is 0 Å². The quantitative estimate of drug-likeness (QED) is 0.456. The van der Waals surface area contributed by atoms with Crippen LogP contribution in [0, 0.1) is 6.92 Å². The predicted molar refractivity (Wildman–Crippen MR) is 113 cm³/mol. The summed E-state index contributed by atoms with van der Waals surface area (Å²) in [7, 11) is 0. The summed E-state index contributed by atoms with van der Waals surface area (Å²) in [5.41, 5.74) is 4.37. The molecule has 2 N–H and O–H groups in total. The van der Waals surface area contributed by atoms with Gasteiger partial charge in [-0.15, -0.1) is 6.58 Å². The Morgan fingerprint density at radius 1 is 1.07 bits per heavy atom. The lowest BCUT2D eigenvalue weighted by molar-refractivity contribution is 0.0525. The Kier molecular flexibility index (Phi) is 5.98. The van der Waals surface area contributed by atoms with E-state index in [4.69, 9.17) is 4.74 Å². The Balaban J connectivity index is 2.05. The van der Waals surface area contributed by atoms with Gasteiger partial charge in [-0.25, -0.2) is 4.79 Å². The Labute approximate surface area is 169 Å². The molecule has 3 rings (SSSR count). The van der Waals surface area contributed by atoms with Crippen molar-refractivity contribution in [3.05, 3.63) is 78.0 Å². The number of aromatic hydroxyl groups is 2. The minimum atomic E-state index is -0.425. The summed E-state index contributed by atoms with van der Waals surface area (Å²) in [5.74, 6) is -0.214. The van der Waals surface area contributed by atoms with Gasteiger partial charge in [0.15, 0.2) is 0 Å². The maximum Gasteiger partial charge on any atom is 0.339 e. The number of carbonyl (C=O) groups excluding carboxylic acids is 1. The Bertz CT molecular complexity index is 1070. The molecule has 0 amide bonds. The molecule has 5 nitrogen and oxygen atoms in total. The first-order chi connectivity index (χ1) is 13.9. The number of aryl methyl sites for hydroxylation is 1. The monoisotopic (exact) mass is 389 g/mol. The van der Waals surface area contributed by atoms with E-state index < -0.39 is 5.97 Å². The molecule has 0 saturated carbocycles. The standard InChI is InChI=1S/C24H23NO4/c1-4-6-16-7-11-22(26)19(13-16)17-8-12-23(27)20(14-17)21-10-9-18(15(3)25-21)24(28)29-5-2/h4,7-14,26-27H,1,5-6H2,2-3H3. The number of phenolic OH excluding ortho intramolecular Hbond substituents is 2. The van der Waals surface area contributed by atoms with Crippen LogP contribution in [-0.4, -0.2) is 27.8 Å². The molecule has 2 aromatic carbocycles. The van der Waals surface area contributed by atoms with Gasteiger partial charge < -0.3 is 14.9 Å². The lowest BCUT2D eigenvalue weighted by atomic mass is 9.97. The highest BCUT2D eigenvalue weighted by Crippen LogP contribution is 2.36. The zero-order chi connectivity index (χ0) is 21.0. The van der Waals surface area contributed by atoms with Crippen LogP contribution in [0.25, 0.3) is 22.4 Å². The Morgan fingerprint density at radius 2 is 1.79 bits per heavy atom. The van der Waals surface area contributed by atoms with Gasteiger partial charge in [0.1, 0.15) is 11.5 Å². The molecule has 0 aliphatic rings. The number of allylic oxidation sites excluding steroid dienone is 1. The molecule has 29 heavy (non-hydrogen) atoms. The largest absolute Gasteiger partial charge is 0.507 e. The molecule has 1 heterocycles. The number of hydrogen-bond acceptors (Lipinski definition) is 5. The number of benzene rings is 2. The summed E-state index contributed by atoms with van der Waals surface area (Å²) in [6.07, 6.45) is 2.49. The molecule has 0 atom stereocenters. The maximum absolute atomic E-state index is 12.0. The fourth-order valence-electron chi connectivity index (χ4n) is 3.15. The number of hydrogen-bond donors (Lipinski definition) is 2. The summed E-state index contributed by atoms with van der Waals surface area (Å²) in [4.78, 5) is 16.5. The summed E-state index contributed by atoms with van der Waals surface area (Å²) >= 11 is 0. The highest BCUT2D eigenvalue weighted by atomic mass is 16.5. The van der Waals surface area contributed by atoms with Crippen molar-refractivity contribution in [2.45, 2.75) is 20.3 Å². The van der Waals surface area contributed by atoms with Gasteiger partial charge in [-0.3, -0.25) is 4.98 Å². The summed E-state index contributed by atoms with van der Waals surface area (Å²) in [6, 6.07) is 13.8. The predicted octanol–water partition coefficient (Wildman–Crippen LogP) is 5.04. The minimum Gasteiger partial charge on any atom is -0.507 e. The second kappa shape index (κ2) is 8.61. The molecule has 0 radical (unpaired) electrons. The van der Waals surface area contributed by atoms with Crippen LogP contribution in [0.1, 0.15) is 28.5 Å². The van der Waals surface area contributed by atoms with E-state index in [1.165, 1.54) is 0 Å². The molecule has 0 unspecified atom stereocenters. The number of phenols is 2. The van der Waals surface area contributed by atoms with Gasteiger partial charge in [-0.05, 0) is 67.8 Å². The third-order valence-corrected chi connectivity index (χ3v) is 4.61. The SMILES string of the molecule is C=CCc1ccc(O)c(-c2ccc(O)c(-c3ccc(C(=O)OCC)c(C)n3)c2)c1. The average molecular weight is 389 g/mol. The van der Waals surface area contributed by atoms with Crippen molar-refractivity contribution in [2.75, 3.05) is 6.61 Å². The molecule has 0 spiro atoms. The second-order valence-electron chi connectivity index (χ2n) is 6.63. The third kappa shape index (κ3) is 4.29. The fraction of sp³-hybridized carbons (Fsp3) is 0.167. The number of pyridine rings is 1. The highest BCUT2D eigenvalue weighted by Gasteiger charge is 2.15. The van der Waals surface area contributed by atoms with Crippen LogP contribution in [0.3, 0.4) is 0 Å². The molecule has 0 saturated heterocycles. The Hall–Kier alpha value is -3.60. The van der Waals surface area contributed by atoms with Gasteiger partial charge >= 0.3 is 5.97 Å². The normalized spacial score (nSPS) is 10.6. The number of carbonyl (C=O) groups is 1. The van der Waals surface area contributed by atoms with E-state index in [9.17, 15) is 15.0 Å². The molecule has 148 valence electrons. The first-order valence-corrected chi connectivity index (χ1v) is 9.36. The van der Waals surface area contributed by atoms with E-state index in [1.54, 1.807) is 56.3 Å². The molecule has 1 aromatic heterocycles. The van der Waals surface area contributed by atoms with Crippen molar-refractivity contribution in [3.8, 4) is 33.9 Å². The van der Waals surface area contributed by atoms with Crippen molar-refractivity contribution in [2.24, 2.45) is 0 Å². The molecular formula is C24H23NO4. The molecule has 0 fully saturated rings. The highest BCUT2D eigenvalue weighted by molar-refractivity contribution is 5.91. The first kappa shape index (κ1) is 20.1. The molecule has 0 aliphatic carbocycles. The smallest absolute Gasteiger partial charge is 0.339 e. The van der Waals surface area contributed by atoms with Crippen LogP contribution >= 0.6 is 0 Å². The van der Waals surface area contributed by atoms with E-state index in [2.05, 4.69) is 11.6 Å². The van der Waals surface area contributed by atoms with Gasteiger partial charge in [-0.2, -0.15) is 0 Å². The van der Waals surface area contributed by atoms with Crippen LogP contribution in [0.4, 0.5) is 0 Å². The zero-order valence-corrected chi connectivity index (χ0v) is 16.5. The number of esters is 1. The lowest BCUT2D eigenvalue weighted by Crippen LogP contribution is -2.08. The maximum atomic E-state index is 12.0. The second-order valence-corrected chi connectivity index (χ2v) is 6.63. The van der Waals surface area contributed by atoms with Crippen molar-refractivity contribution < 1.29 is 19.7 Å². The third-order valence-electron chi connectivity index (χ3n) is 4.61. The lowest BCUT2D eigenvalue weighted by Gasteiger charge is -2.12. The molecule has 5 heteroatoms. The van der Waals surface area contributed by atoms with Crippen LogP contribution in [0.15, 0.2) is 61.2 Å². The average Bonchev–Trinajstić information content (AvgIpc) is 2.70. The van der Waals surface area contributed by atoms with Gasteiger partial charge in [0.25, 0.3) is 0 Å².